The van der Waals surface area contributed by atoms with Crippen molar-refractivity contribution in [1.82, 2.24) is 0 Å². The average Bonchev–Trinajstić information content (AvgIpc) is 2.42. The van der Waals surface area contributed by atoms with Crippen LogP contribution >= 0.6 is 0 Å². The second-order valence-electron chi connectivity index (χ2n) is 3.43. The molecule has 0 atom stereocenters. The first-order valence-electron chi connectivity index (χ1n) is 5.74. The van der Waals surface area contributed by atoms with Crippen LogP contribution in [0.15, 0.2) is 48.0 Å². The lowest BCUT2D eigenvalue weighted by Crippen LogP contribution is -2.09. The SMILES string of the molecule is C=CC(=O)OCCOCCN=Cc1ccccc1. The number of nitrogens with zero attached hydrogens (tertiary/aromatic N) is 1. The molecule has 0 aliphatic carbocycles. The highest BCUT2D eigenvalue weighted by molar-refractivity contribution is 5.81. The molecule has 0 aliphatic rings. The van der Waals surface area contributed by atoms with Gasteiger partial charge in [-0.3, -0.25) is 4.99 Å². The molecule has 4 nitrogen and oxygen atoms in total. The van der Waals surface area contributed by atoms with E-state index in [4.69, 9.17) is 9.47 Å². The molecule has 0 heterocycles. The number of carbonyl (C=O) groups is 1. The standard InChI is InChI=1S/C14H17NO3/c1-2-14(16)18-11-10-17-9-8-15-12-13-6-4-3-5-7-13/h2-7,12H,1,8-11H2. The molecule has 1 aromatic rings. The van der Waals surface area contributed by atoms with E-state index in [1.165, 1.54) is 0 Å². The van der Waals surface area contributed by atoms with E-state index in [9.17, 15) is 4.79 Å². The third kappa shape index (κ3) is 6.60. The van der Waals surface area contributed by atoms with Crippen LogP contribution in [-0.2, 0) is 14.3 Å². The number of rotatable bonds is 8. The average molecular weight is 247 g/mol. The van der Waals surface area contributed by atoms with Gasteiger partial charge in [-0.05, 0) is 5.56 Å². The Labute approximate surface area is 107 Å². The molecule has 0 unspecified atom stereocenters. The summed E-state index contributed by atoms with van der Waals surface area (Å²) in [4.78, 5) is 14.9. The summed E-state index contributed by atoms with van der Waals surface area (Å²) in [6.07, 6.45) is 2.94. The maximum Gasteiger partial charge on any atom is 0.330 e. The molecule has 0 amide bonds. The van der Waals surface area contributed by atoms with Gasteiger partial charge in [-0.25, -0.2) is 4.79 Å². The van der Waals surface area contributed by atoms with Crippen LogP contribution in [-0.4, -0.2) is 38.5 Å². The topological polar surface area (TPSA) is 47.9 Å². The Bertz CT molecular complexity index is 387. The number of benzene rings is 1. The highest BCUT2D eigenvalue weighted by Gasteiger charge is 1.94. The van der Waals surface area contributed by atoms with E-state index in [-0.39, 0.29) is 6.61 Å². The summed E-state index contributed by atoms with van der Waals surface area (Å²) in [5.74, 6) is -0.430. The Morgan fingerprint density at radius 2 is 2.00 bits per heavy atom. The van der Waals surface area contributed by atoms with Crippen molar-refractivity contribution in [2.24, 2.45) is 4.99 Å². The van der Waals surface area contributed by atoms with Gasteiger partial charge in [0.05, 0.1) is 19.8 Å². The van der Waals surface area contributed by atoms with Gasteiger partial charge in [0.15, 0.2) is 0 Å². The van der Waals surface area contributed by atoms with Crippen LogP contribution in [0.5, 0.6) is 0 Å². The molecule has 0 fully saturated rings. The first kappa shape index (κ1) is 14.1. The fraction of sp³-hybridized carbons (Fsp3) is 0.286. The van der Waals surface area contributed by atoms with Crippen molar-refractivity contribution in [3.8, 4) is 0 Å². The first-order valence-corrected chi connectivity index (χ1v) is 5.74. The minimum Gasteiger partial charge on any atom is -0.460 e. The molecule has 18 heavy (non-hydrogen) atoms. The van der Waals surface area contributed by atoms with E-state index in [1.54, 1.807) is 6.21 Å². The van der Waals surface area contributed by atoms with Crippen molar-refractivity contribution < 1.29 is 14.3 Å². The molecule has 0 spiro atoms. The van der Waals surface area contributed by atoms with Gasteiger partial charge in [0.25, 0.3) is 0 Å². The van der Waals surface area contributed by atoms with Crippen molar-refractivity contribution in [2.75, 3.05) is 26.4 Å². The van der Waals surface area contributed by atoms with Crippen LogP contribution in [0.3, 0.4) is 0 Å². The Kier molecular flexibility index (Phi) is 7.16. The smallest absolute Gasteiger partial charge is 0.330 e. The molecular formula is C14H17NO3. The number of ether oxygens (including phenoxy) is 2. The highest BCUT2D eigenvalue weighted by Crippen LogP contribution is 1.93. The summed E-state index contributed by atoms with van der Waals surface area (Å²) in [6, 6.07) is 9.86. The number of hydrogen-bond donors (Lipinski definition) is 0. The van der Waals surface area contributed by atoms with Crippen LogP contribution in [0.25, 0.3) is 0 Å². The zero-order chi connectivity index (χ0) is 13.1. The van der Waals surface area contributed by atoms with Gasteiger partial charge in [-0.15, -0.1) is 0 Å². The molecule has 4 heteroatoms. The zero-order valence-corrected chi connectivity index (χ0v) is 10.2. The van der Waals surface area contributed by atoms with Gasteiger partial charge >= 0.3 is 5.97 Å². The van der Waals surface area contributed by atoms with E-state index < -0.39 is 5.97 Å². The second kappa shape index (κ2) is 9.13. The second-order valence-corrected chi connectivity index (χ2v) is 3.43. The maximum absolute atomic E-state index is 10.7. The van der Waals surface area contributed by atoms with Crippen LogP contribution in [0.4, 0.5) is 0 Å². The first-order chi connectivity index (χ1) is 8.83. The third-order valence-corrected chi connectivity index (χ3v) is 2.04. The van der Waals surface area contributed by atoms with Crippen molar-refractivity contribution in [1.29, 1.82) is 0 Å². The summed E-state index contributed by atoms with van der Waals surface area (Å²) in [5.41, 5.74) is 1.07. The monoisotopic (exact) mass is 247 g/mol. The van der Waals surface area contributed by atoms with E-state index in [1.807, 2.05) is 30.3 Å². The normalized spacial score (nSPS) is 10.4. The summed E-state index contributed by atoms with van der Waals surface area (Å²) >= 11 is 0. The Morgan fingerprint density at radius 3 is 2.72 bits per heavy atom. The summed E-state index contributed by atoms with van der Waals surface area (Å²) in [7, 11) is 0. The minimum atomic E-state index is -0.430. The fourth-order valence-electron chi connectivity index (χ4n) is 1.19. The molecule has 1 aromatic carbocycles. The molecular weight excluding hydrogens is 230 g/mol. The van der Waals surface area contributed by atoms with Gasteiger partial charge in [-0.1, -0.05) is 36.9 Å². The molecule has 0 bridgehead atoms. The molecule has 1 rings (SSSR count). The highest BCUT2D eigenvalue weighted by atomic mass is 16.6. The molecule has 0 saturated heterocycles. The molecule has 0 aromatic heterocycles. The summed E-state index contributed by atoms with van der Waals surface area (Å²) in [6.45, 7) is 5.01. The molecule has 0 radical (unpaired) electrons. The van der Waals surface area contributed by atoms with Gasteiger partial charge in [0.2, 0.25) is 0 Å². The van der Waals surface area contributed by atoms with Gasteiger partial charge in [0, 0.05) is 12.3 Å². The fourth-order valence-corrected chi connectivity index (χ4v) is 1.19. The predicted octanol–water partition coefficient (Wildman–Crippen LogP) is 1.85. The lowest BCUT2D eigenvalue weighted by atomic mass is 10.2. The molecule has 0 aliphatic heterocycles. The molecule has 0 N–H and O–H groups in total. The quantitative estimate of drug-likeness (QED) is 0.305. The maximum atomic E-state index is 10.7. The lowest BCUT2D eigenvalue weighted by molar-refractivity contribution is -0.139. The summed E-state index contributed by atoms with van der Waals surface area (Å²) < 4.78 is 9.99. The van der Waals surface area contributed by atoms with E-state index in [2.05, 4.69) is 11.6 Å². The summed E-state index contributed by atoms with van der Waals surface area (Å²) in [5, 5.41) is 0. The predicted molar refractivity (Wildman–Crippen MR) is 70.9 cm³/mol. The number of carbonyl (C=O) groups excluding carboxylic acids is 1. The van der Waals surface area contributed by atoms with E-state index in [0.29, 0.717) is 19.8 Å². The van der Waals surface area contributed by atoms with Crippen LogP contribution in [0, 0.1) is 0 Å². The Hall–Kier alpha value is -1.94. The number of aliphatic imine (C=N–C) groups is 1. The minimum absolute atomic E-state index is 0.243. The Morgan fingerprint density at radius 1 is 1.22 bits per heavy atom. The van der Waals surface area contributed by atoms with Crippen molar-refractivity contribution in [3.63, 3.8) is 0 Å². The van der Waals surface area contributed by atoms with Gasteiger partial charge < -0.3 is 9.47 Å². The number of esters is 1. The molecule has 0 saturated carbocycles. The zero-order valence-electron chi connectivity index (χ0n) is 10.2. The number of hydrogen-bond acceptors (Lipinski definition) is 4. The van der Waals surface area contributed by atoms with Crippen LogP contribution in [0.1, 0.15) is 5.56 Å². The molecule has 96 valence electrons. The van der Waals surface area contributed by atoms with Crippen molar-refractivity contribution in [2.45, 2.75) is 0 Å². The van der Waals surface area contributed by atoms with Gasteiger partial charge in [-0.2, -0.15) is 0 Å². The third-order valence-electron chi connectivity index (χ3n) is 2.04. The van der Waals surface area contributed by atoms with Crippen molar-refractivity contribution in [3.05, 3.63) is 48.6 Å². The van der Waals surface area contributed by atoms with E-state index >= 15 is 0 Å². The Balaban J connectivity index is 2.00. The van der Waals surface area contributed by atoms with Gasteiger partial charge in [0.1, 0.15) is 6.61 Å². The van der Waals surface area contributed by atoms with Crippen molar-refractivity contribution >= 4 is 12.2 Å². The largest absolute Gasteiger partial charge is 0.460 e. The van der Waals surface area contributed by atoms with Crippen LogP contribution < -0.4 is 0 Å². The van der Waals surface area contributed by atoms with E-state index in [0.717, 1.165) is 11.6 Å². The van der Waals surface area contributed by atoms with Crippen LogP contribution in [0.2, 0.25) is 0 Å². The lowest BCUT2D eigenvalue weighted by Gasteiger charge is -2.02.